The summed E-state index contributed by atoms with van der Waals surface area (Å²) in [5.41, 5.74) is 3.21. The van der Waals surface area contributed by atoms with Crippen LogP contribution in [-0.4, -0.2) is 34.1 Å². The Morgan fingerprint density at radius 2 is 1.97 bits per heavy atom. The summed E-state index contributed by atoms with van der Waals surface area (Å²) in [5, 5.41) is 4.15. The van der Waals surface area contributed by atoms with Gasteiger partial charge in [0.1, 0.15) is 5.75 Å². The molecule has 1 aliphatic heterocycles. The molecule has 30 heavy (non-hydrogen) atoms. The summed E-state index contributed by atoms with van der Waals surface area (Å²) in [5.74, 6) is 1.97. The Morgan fingerprint density at radius 1 is 1.17 bits per heavy atom. The molecule has 6 nitrogen and oxygen atoms in total. The highest BCUT2D eigenvalue weighted by atomic mass is 16.5. The van der Waals surface area contributed by atoms with Crippen LogP contribution in [0.4, 0.5) is 0 Å². The van der Waals surface area contributed by atoms with Crippen LogP contribution in [0, 0.1) is 6.92 Å². The lowest BCUT2D eigenvalue weighted by Gasteiger charge is -2.17. The van der Waals surface area contributed by atoms with E-state index in [0.717, 1.165) is 30.8 Å². The smallest absolute Gasteiger partial charge is 0.257 e. The van der Waals surface area contributed by atoms with Gasteiger partial charge in [0.05, 0.1) is 6.61 Å². The van der Waals surface area contributed by atoms with Crippen molar-refractivity contribution < 1.29 is 14.1 Å². The number of hydrogen-bond donors (Lipinski definition) is 0. The van der Waals surface area contributed by atoms with E-state index in [1.807, 2.05) is 41.3 Å². The van der Waals surface area contributed by atoms with Crippen molar-refractivity contribution in [1.82, 2.24) is 15.0 Å². The fourth-order valence-electron chi connectivity index (χ4n) is 3.64. The molecule has 0 saturated carbocycles. The van der Waals surface area contributed by atoms with Gasteiger partial charge in [0, 0.05) is 31.0 Å². The molecular weight excluding hydrogens is 378 g/mol. The maximum Gasteiger partial charge on any atom is 0.257 e. The molecule has 0 spiro atoms. The van der Waals surface area contributed by atoms with Crippen LogP contribution in [0.3, 0.4) is 0 Å². The molecule has 0 N–H and O–H groups in total. The molecule has 4 rings (SSSR count). The molecule has 1 atom stereocenters. The van der Waals surface area contributed by atoms with Gasteiger partial charge in [-0.15, -0.1) is 0 Å². The molecule has 2 heterocycles. The standard InChI is InChI=1S/C24H27N3O3/c1-3-4-13-29-21-11-9-18(10-12-21)24-25-23(26-30-24)20-14-22(28)27(16-20)15-19-8-6-5-7-17(19)2/h5-12,20H,3-4,13-16H2,1-2H3. The molecule has 0 aliphatic carbocycles. The van der Waals surface area contributed by atoms with Crippen LogP contribution in [0.5, 0.6) is 5.75 Å². The van der Waals surface area contributed by atoms with Gasteiger partial charge in [-0.1, -0.05) is 42.8 Å². The van der Waals surface area contributed by atoms with E-state index < -0.39 is 0 Å². The van der Waals surface area contributed by atoms with E-state index in [1.54, 1.807) is 0 Å². The SMILES string of the molecule is CCCCOc1ccc(-c2nc(C3CC(=O)N(Cc4ccccc4C)C3)no2)cc1. The minimum atomic E-state index is -0.0457. The average molecular weight is 405 g/mol. The topological polar surface area (TPSA) is 68.5 Å². The fraction of sp³-hybridized carbons (Fsp3) is 0.375. The number of carbonyl (C=O) groups excluding carboxylic acids is 1. The summed E-state index contributed by atoms with van der Waals surface area (Å²) < 4.78 is 11.2. The van der Waals surface area contributed by atoms with Crippen LogP contribution in [0.25, 0.3) is 11.5 Å². The molecular formula is C24H27N3O3. The van der Waals surface area contributed by atoms with Crippen LogP contribution < -0.4 is 4.74 Å². The third-order valence-corrected chi connectivity index (χ3v) is 5.51. The first-order valence-electron chi connectivity index (χ1n) is 10.5. The molecule has 0 bridgehead atoms. The van der Waals surface area contributed by atoms with E-state index in [2.05, 4.69) is 36.1 Å². The lowest BCUT2D eigenvalue weighted by Crippen LogP contribution is -2.24. The Kier molecular flexibility index (Phi) is 6.12. The first-order valence-corrected chi connectivity index (χ1v) is 10.5. The third-order valence-electron chi connectivity index (χ3n) is 5.51. The van der Waals surface area contributed by atoms with Crippen LogP contribution in [0.1, 0.15) is 49.1 Å². The highest BCUT2D eigenvalue weighted by Gasteiger charge is 2.33. The Bertz CT molecular complexity index is 997. The van der Waals surface area contributed by atoms with Crippen molar-refractivity contribution in [3.63, 3.8) is 0 Å². The number of nitrogens with zero attached hydrogens (tertiary/aromatic N) is 3. The number of benzene rings is 2. The number of aryl methyl sites for hydroxylation is 1. The number of likely N-dealkylation sites (tertiary alicyclic amines) is 1. The van der Waals surface area contributed by atoms with Gasteiger partial charge in [0.15, 0.2) is 5.82 Å². The normalized spacial score (nSPS) is 16.3. The van der Waals surface area contributed by atoms with E-state index in [9.17, 15) is 4.79 Å². The number of aromatic nitrogens is 2. The Hall–Kier alpha value is -3.15. The van der Waals surface area contributed by atoms with Crippen molar-refractivity contribution in [2.24, 2.45) is 0 Å². The minimum Gasteiger partial charge on any atom is -0.494 e. The molecule has 3 aromatic rings. The Labute approximate surface area is 176 Å². The number of amides is 1. The van der Waals surface area contributed by atoms with Crippen molar-refractivity contribution in [2.75, 3.05) is 13.2 Å². The molecule has 1 aromatic heterocycles. The van der Waals surface area contributed by atoms with Gasteiger partial charge in [0.25, 0.3) is 5.89 Å². The molecule has 1 saturated heterocycles. The third kappa shape index (κ3) is 4.53. The Balaban J connectivity index is 1.40. The van der Waals surface area contributed by atoms with E-state index in [4.69, 9.17) is 9.26 Å². The summed E-state index contributed by atoms with van der Waals surface area (Å²) in [6.07, 6.45) is 2.56. The lowest BCUT2D eigenvalue weighted by molar-refractivity contribution is -0.128. The molecule has 1 aliphatic rings. The van der Waals surface area contributed by atoms with Crippen LogP contribution in [-0.2, 0) is 11.3 Å². The zero-order valence-electron chi connectivity index (χ0n) is 17.5. The second-order valence-corrected chi connectivity index (χ2v) is 7.79. The maximum atomic E-state index is 12.5. The number of ether oxygens (including phenoxy) is 1. The van der Waals surface area contributed by atoms with Gasteiger partial charge >= 0.3 is 0 Å². The molecule has 1 unspecified atom stereocenters. The van der Waals surface area contributed by atoms with Gasteiger partial charge in [-0.05, 0) is 48.7 Å². The molecule has 0 radical (unpaired) electrons. The van der Waals surface area contributed by atoms with Crippen molar-refractivity contribution >= 4 is 5.91 Å². The van der Waals surface area contributed by atoms with E-state index >= 15 is 0 Å². The second kappa shape index (κ2) is 9.11. The molecule has 2 aromatic carbocycles. The van der Waals surface area contributed by atoms with Crippen LogP contribution in [0.2, 0.25) is 0 Å². The monoisotopic (exact) mass is 405 g/mol. The van der Waals surface area contributed by atoms with Gasteiger partial charge in [-0.25, -0.2) is 0 Å². The zero-order chi connectivity index (χ0) is 20.9. The summed E-state index contributed by atoms with van der Waals surface area (Å²) in [4.78, 5) is 19.0. The number of hydrogen-bond acceptors (Lipinski definition) is 5. The highest BCUT2D eigenvalue weighted by Crippen LogP contribution is 2.30. The molecule has 1 amide bonds. The van der Waals surface area contributed by atoms with Crippen LogP contribution >= 0.6 is 0 Å². The van der Waals surface area contributed by atoms with Crippen molar-refractivity contribution in [3.8, 4) is 17.2 Å². The number of unbranched alkanes of at least 4 members (excludes halogenated alkanes) is 1. The molecule has 156 valence electrons. The van der Waals surface area contributed by atoms with E-state index in [0.29, 0.717) is 31.2 Å². The van der Waals surface area contributed by atoms with E-state index in [1.165, 1.54) is 11.1 Å². The van der Waals surface area contributed by atoms with Crippen molar-refractivity contribution in [2.45, 2.75) is 45.6 Å². The van der Waals surface area contributed by atoms with E-state index in [-0.39, 0.29) is 11.8 Å². The van der Waals surface area contributed by atoms with Gasteiger partial charge in [-0.3, -0.25) is 4.79 Å². The maximum absolute atomic E-state index is 12.5. The predicted molar refractivity (Wildman–Crippen MR) is 114 cm³/mol. The summed E-state index contributed by atoms with van der Waals surface area (Å²) >= 11 is 0. The van der Waals surface area contributed by atoms with Crippen molar-refractivity contribution in [3.05, 3.63) is 65.5 Å². The largest absolute Gasteiger partial charge is 0.494 e. The van der Waals surface area contributed by atoms with Gasteiger partial charge in [0.2, 0.25) is 5.91 Å². The first-order chi connectivity index (χ1) is 14.6. The zero-order valence-corrected chi connectivity index (χ0v) is 17.5. The van der Waals surface area contributed by atoms with Crippen LogP contribution in [0.15, 0.2) is 53.1 Å². The lowest BCUT2D eigenvalue weighted by atomic mass is 10.1. The first kappa shape index (κ1) is 20.1. The highest BCUT2D eigenvalue weighted by molar-refractivity contribution is 5.79. The Morgan fingerprint density at radius 3 is 2.73 bits per heavy atom. The number of rotatable bonds is 8. The summed E-state index contributed by atoms with van der Waals surface area (Å²) in [6, 6.07) is 15.8. The minimum absolute atomic E-state index is 0.0457. The van der Waals surface area contributed by atoms with Crippen molar-refractivity contribution in [1.29, 1.82) is 0 Å². The predicted octanol–water partition coefficient (Wildman–Crippen LogP) is 4.74. The van der Waals surface area contributed by atoms with Gasteiger partial charge < -0.3 is 14.2 Å². The molecule has 1 fully saturated rings. The quantitative estimate of drug-likeness (QED) is 0.506. The summed E-state index contributed by atoms with van der Waals surface area (Å²) in [6.45, 7) is 6.15. The average Bonchev–Trinajstić information content (AvgIpc) is 3.38. The fourth-order valence-corrected chi connectivity index (χ4v) is 3.64. The summed E-state index contributed by atoms with van der Waals surface area (Å²) in [7, 11) is 0. The molecule has 6 heteroatoms. The van der Waals surface area contributed by atoms with Gasteiger partial charge in [-0.2, -0.15) is 4.98 Å². The number of carbonyl (C=O) groups is 1. The second-order valence-electron chi connectivity index (χ2n) is 7.79.